The first-order chi connectivity index (χ1) is 8.63. The van der Waals surface area contributed by atoms with Crippen LogP contribution in [0.15, 0.2) is 22.7 Å². The Kier molecular flexibility index (Phi) is 6.36. The molecule has 0 spiro atoms. The summed E-state index contributed by atoms with van der Waals surface area (Å²) in [7, 11) is 1.71. The molecule has 1 atom stereocenters. The molecule has 3 nitrogen and oxygen atoms in total. The van der Waals surface area contributed by atoms with Gasteiger partial charge in [-0.25, -0.2) is 0 Å². The number of hydrogen-bond donors (Lipinski definition) is 0. The van der Waals surface area contributed by atoms with Gasteiger partial charge in [0.25, 0.3) is 0 Å². The monoisotopic (exact) mass is 313 g/mol. The van der Waals surface area contributed by atoms with Crippen molar-refractivity contribution in [1.82, 2.24) is 0 Å². The predicted octanol–water partition coefficient (Wildman–Crippen LogP) is 3.51. The predicted molar refractivity (Wildman–Crippen MR) is 78.5 cm³/mol. The summed E-state index contributed by atoms with van der Waals surface area (Å²) in [4.78, 5) is 13.0. The number of halogens is 1. The molecule has 0 N–H and O–H groups in total. The van der Waals surface area contributed by atoms with E-state index in [0.717, 1.165) is 29.4 Å². The fourth-order valence-electron chi connectivity index (χ4n) is 1.82. The molecule has 0 bridgehead atoms. The number of anilines is 1. The molecule has 100 valence electrons. The highest BCUT2D eigenvalue weighted by atomic mass is 79.9. The van der Waals surface area contributed by atoms with Crippen LogP contribution in [0.2, 0.25) is 0 Å². The summed E-state index contributed by atoms with van der Waals surface area (Å²) in [6, 6.07) is 6.11. The number of rotatable bonds is 7. The summed E-state index contributed by atoms with van der Waals surface area (Å²) >= 11 is 3.54. The van der Waals surface area contributed by atoms with E-state index >= 15 is 0 Å². The van der Waals surface area contributed by atoms with E-state index < -0.39 is 0 Å². The second-order valence-electron chi connectivity index (χ2n) is 4.27. The van der Waals surface area contributed by atoms with Crippen LogP contribution in [-0.2, 0) is 4.74 Å². The van der Waals surface area contributed by atoms with E-state index in [1.165, 1.54) is 0 Å². The molecule has 0 heterocycles. The van der Waals surface area contributed by atoms with E-state index in [4.69, 9.17) is 4.74 Å². The molecule has 0 saturated heterocycles. The molecule has 0 aliphatic carbocycles. The van der Waals surface area contributed by atoms with E-state index in [2.05, 4.69) is 34.7 Å². The minimum atomic E-state index is 0.429. The number of methoxy groups -OCH3 is 1. The fraction of sp³-hybridized carbons (Fsp3) is 0.500. The van der Waals surface area contributed by atoms with Crippen molar-refractivity contribution < 1.29 is 9.53 Å². The second kappa shape index (κ2) is 7.54. The Morgan fingerprint density at radius 3 is 2.72 bits per heavy atom. The van der Waals surface area contributed by atoms with Crippen LogP contribution < -0.4 is 4.90 Å². The van der Waals surface area contributed by atoms with Crippen molar-refractivity contribution in [2.75, 3.05) is 25.2 Å². The summed E-state index contributed by atoms with van der Waals surface area (Å²) in [5, 5.41) is 0. The molecule has 4 heteroatoms. The third kappa shape index (κ3) is 3.82. The molecule has 0 aromatic heterocycles. The number of benzene rings is 1. The van der Waals surface area contributed by atoms with Crippen molar-refractivity contribution in [2.24, 2.45) is 0 Å². The number of nitrogens with zero attached hydrogens (tertiary/aromatic N) is 1. The normalized spacial score (nSPS) is 12.2. The third-order valence-corrected chi connectivity index (χ3v) is 3.71. The fourth-order valence-corrected chi connectivity index (χ4v) is 2.44. The first-order valence-electron chi connectivity index (χ1n) is 6.14. The molecule has 0 amide bonds. The van der Waals surface area contributed by atoms with Crippen LogP contribution in [0.3, 0.4) is 0 Å². The topological polar surface area (TPSA) is 29.5 Å². The molecule has 0 fully saturated rings. The standard InChI is InChI=1S/C14H20BrNO2/c1-4-11(2)16(7-8-18-3)14-6-5-12(10-17)9-13(14)15/h5-6,9-11H,4,7-8H2,1-3H3. The van der Waals surface area contributed by atoms with Crippen molar-refractivity contribution in [3.63, 3.8) is 0 Å². The Bertz CT molecular complexity index is 395. The van der Waals surface area contributed by atoms with Gasteiger partial charge in [-0.2, -0.15) is 0 Å². The van der Waals surface area contributed by atoms with Crippen LogP contribution in [0.4, 0.5) is 5.69 Å². The van der Waals surface area contributed by atoms with E-state index in [1.807, 2.05) is 18.2 Å². The minimum absolute atomic E-state index is 0.429. The molecule has 1 unspecified atom stereocenters. The van der Waals surface area contributed by atoms with Crippen LogP contribution >= 0.6 is 15.9 Å². The van der Waals surface area contributed by atoms with Crippen LogP contribution in [0, 0.1) is 0 Å². The average Bonchev–Trinajstić information content (AvgIpc) is 2.39. The maximum absolute atomic E-state index is 10.7. The maximum Gasteiger partial charge on any atom is 0.150 e. The van der Waals surface area contributed by atoms with Gasteiger partial charge in [-0.3, -0.25) is 4.79 Å². The highest BCUT2D eigenvalue weighted by Crippen LogP contribution is 2.29. The smallest absolute Gasteiger partial charge is 0.150 e. The van der Waals surface area contributed by atoms with Crippen LogP contribution in [-0.4, -0.2) is 32.6 Å². The summed E-state index contributed by atoms with van der Waals surface area (Å²) in [5.74, 6) is 0. The Morgan fingerprint density at radius 1 is 1.50 bits per heavy atom. The molecule has 0 aliphatic heterocycles. The van der Waals surface area contributed by atoms with Gasteiger partial charge in [0.15, 0.2) is 0 Å². The van der Waals surface area contributed by atoms with Gasteiger partial charge in [0.2, 0.25) is 0 Å². The Labute approximate surface area is 117 Å². The SMILES string of the molecule is CCC(C)N(CCOC)c1ccc(C=O)cc1Br. The second-order valence-corrected chi connectivity index (χ2v) is 5.13. The summed E-state index contributed by atoms with van der Waals surface area (Å²) < 4.78 is 6.11. The number of aldehydes is 1. The van der Waals surface area contributed by atoms with Gasteiger partial charge in [0.05, 0.1) is 12.3 Å². The van der Waals surface area contributed by atoms with E-state index in [9.17, 15) is 4.79 Å². The maximum atomic E-state index is 10.7. The lowest BCUT2D eigenvalue weighted by Crippen LogP contribution is -2.35. The Hall–Kier alpha value is -0.870. The third-order valence-electron chi connectivity index (χ3n) is 3.08. The molecule has 0 saturated carbocycles. The first-order valence-corrected chi connectivity index (χ1v) is 6.93. The van der Waals surface area contributed by atoms with Gasteiger partial charge in [-0.05, 0) is 47.5 Å². The molecule has 1 aromatic carbocycles. The van der Waals surface area contributed by atoms with Gasteiger partial charge < -0.3 is 9.64 Å². The average molecular weight is 314 g/mol. The lowest BCUT2D eigenvalue weighted by Gasteiger charge is -2.31. The summed E-state index contributed by atoms with van der Waals surface area (Å²) in [6.07, 6.45) is 1.92. The molecular weight excluding hydrogens is 294 g/mol. The molecule has 1 aromatic rings. The quantitative estimate of drug-likeness (QED) is 0.721. The number of ether oxygens (including phenoxy) is 1. The number of carbonyl (C=O) groups is 1. The van der Waals surface area contributed by atoms with Crippen LogP contribution in [0.25, 0.3) is 0 Å². The lowest BCUT2D eigenvalue weighted by atomic mass is 10.1. The Morgan fingerprint density at radius 2 is 2.22 bits per heavy atom. The van der Waals surface area contributed by atoms with Crippen molar-refractivity contribution in [3.05, 3.63) is 28.2 Å². The summed E-state index contributed by atoms with van der Waals surface area (Å²) in [5.41, 5.74) is 1.79. The minimum Gasteiger partial charge on any atom is -0.383 e. The molecule has 0 aliphatic rings. The zero-order chi connectivity index (χ0) is 13.5. The Balaban J connectivity index is 3.00. The van der Waals surface area contributed by atoms with E-state index in [0.29, 0.717) is 18.2 Å². The highest BCUT2D eigenvalue weighted by molar-refractivity contribution is 9.10. The van der Waals surface area contributed by atoms with Gasteiger partial charge in [0, 0.05) is 29.7 Å². The van der Waals surface area contributed by atoms with Gasteiger partial charge in [0.1, 0.15) is 6.29 Å². The van der Waals surface area contributed by atoms with Gasteiger partial charge in [-0.15, -0.1) is 0 Å². The van der Waals surface area contributed by atoms with Crippen molar-refractivity contribution >= 4 is 27.9 Å². The van der Waals surface area contributed by atoms with Crippen LogP contribution in [0.5, 0.6) is 0 Å². The van der Waals surface area contributed by atoms with Gasteiger partial charge in [-0.1, -0.05) is 6.92 Å². The zero-order valence-corrected chi connectivity index (χ0v) is 12.7. The van der Waals surface area contributed by atoms with Crippen LogP contribution in [0.1, 0.15) is 30.6 Å². The first kappa shape index (κ1) is 15.2. The summed E-state index contributed by atoms with van der Waals surface area (Å²) in [6.45, 7) is 5.88. The number of hydrogen-bond acceptors (Lipinski definition) is 3. The van der Waals surface area contributed by atoms with Crippen molar-refractivity contribution in [1.29, 1.82) is 0 Å². The lowest BCUT2D eigenvalue weighted by molar-refractivity contribution is 0.112. The molecule has 0 radical (unpaired) electrons. The molecule has 1 rings (SSSR count). The highest BCUT2D eigenvalue weighted by Gasteiger charge is 2.15. The number of carbonyl (C=O) groups excluding carboxylic acids is 1. The van der Waals surface area contributed by atoms with E-state index in [1.54, 1.807) is 7.11 Å². The molecular formula is C14H20BrNO2. The van der Waals surface area contributed by atoms with Crippen molar-refractivity contribution in [2.45, 2.75) is 26.3 Å². The zero-order valence-electron chi connectivity index (χ0n) is 11.1. The largest absolute Gasteiger partial charge is 0.383 e. The van der Waals surface area contributed by atoms with E-state index in [-0.39, 0.29) is 0 Å². The molecule has 18 heavy (non-hydrogen) atoms. The van der Waals surface area contributed by atoms with Crippen molar-refractivity contribution in [3.8, 4) is 0 Å². The van der Waals surface area contributed by atoms with Gasteiger partial charge >= 0.3 is 0 Å².